The summed E-state index contributed by atoms with van der Waals surface area (Å²) in [6.07, 6.45) is 0.246. The van der Waals surface area contributed by atoms with Gasteiger partial charge in [0.15, 0.2) is 5.60 Å². The van der Waals surface area contributed by atoms with Crippen LogP contribution in [-0.2, 0) is 14.3 Å². The van der Waals surface area contributed by atoms with Crippen LogP contribution in [0.5, 0.6) is 0 Å². The zero-order valence-electron chi connectivity index (χ0n) is 18.7. The van der Waals surface area contributed by atoms with Gasteiger partial charge in [-0.05, 0) is 35.6 Å². The van der Waals surface area contributed by atoms with Crippen molar-refractivity contribution >= 4 is 18.0 Å². The molecule has 2 aromatic carbocycles. The molecule has 0 spiro atoms. The SMILES string of the molecule is CCCC(C)(NC(=O)OCC1c2ccccc2-c2ccccc21)C(=O)N1CC(O)(C(=O)O)C1. The molecule has 0 radical (unpaired) electrons. The van der Waals surface area contributed by atoms with Crippen molar-refractivity contribution in [1.29, 1.82) is 0 Å². The number of aliphatic carboxylic acids is 1. The lowest BCUT2D eigenvalue weighted by molar-refractivity contribution is -0.184. The van der Waals surface area contributed by atoms with Crippen LogP contribution in [-0.4, -0.2) is 63.9 Å². The summed E-state index contributed by atoms with van der Waals surface area (Å²) in [5.74, 6) is -1.91. The van der Waals surface area contributed by atoms with E-state index in [1.165, 1.54) is 4.90 Å². The molecule has 1 aliphatic carbocycles. The first-order valence-electron chi connectivity index (χ1n) is 11.1. The Kier molecular flexibility index (Phi) is 5.88. The fraction of sp³-hybridized carbons (Fsp3) is 0.400. The van der Waals surface area contributed by atoms with E-state index in [1.807, 2.05) is 43.3 Å². The Labute approximate surface area is 192 Å². The minimum atomic E-state index is -1.94. The van der Waals surface area contributed by atoms with Gasteiger partial charge in [0, 0.05) is 5.92 Å². The molecule has 8 nitrogen and oxygen atoms in total. The van der Waals surface area contributed by atoms with Gasteiger partial charge in [0.2, 0.25) is 5.91 Å². The molecular formula is C25H28N2O6. The largest absolute Gasteiger partial charge is 0.479 e. The summed E-state index contributed by atoms with van der Waals surface area (Å²) in [5, 5.41) is 21.7. The Balaban J connectivity index is 1.43. The predicted octanol–water partition coefficient (Wildman–Crippen LogP) is 2.74. The number of benzene rings is 2. The van der Waals surface area contributed by atoms with E-state index in [0.29, 0.717) is 12.8 Å². The molecular weight excluding hydrogens is 424 g/mol. The third-order valence-electron chi connectivity index (χ3n) is 6.53. The van der Waals surface area contributed by atoms with Gasteiger partial charge in [0.05, 0.1) is 13.1 Å². The number of amides is 2. The first-order valence-corrected chi connectivity index (χ1v) is 11.1. The Hall–Kier alpha value is -3.39. The van der Waals surface area contributed by atoms with E-state index in [0.717, 1.165) is 22.3 Å². The Bertz CT molecular complexity index is 1050. The Morgan fingerprint density at radius 3 is 2.15 bits per heavy atom. The maximum Gasteiger partial charge on any atom is 0.408 e. The number of aliphatic hydroxyl groups is 1. The van der Waals surface area contributed by atoms with Crippen LogP contribution in [0.1, 0.15) is 43.7 Å². The lowest BCUT2D eigenvalue weighted by Gasteiger charge is -2.46. The van der Waals surface area contributed by atoms with Crippen LogP contribution in [0.4, 0.5) is 4.79 Å². The fourth-order valence-electron chi connectivity index (χ4n) is 4.80. The molecule has 1 heterocycles. The van der Waals surface area contributed by atoms with Gasteiger partial charge in [-0.25, -0.2) is 9.59 Å². The molecule has 0 bridgehead atoms. The smallest absolute Gasteiger partial charge is 0.408 e. The van der Waals surface area contributed by atoms with Gasteiger partial charge in [0.1, 0.15) is 12.1 Å². The van der Waals surface area contributed by atoms with Gasteiger partial charge < -0.3 is 25.2 Å². The zero-order valence-corrected chi connectivity index (χ0v) is 18.7. The number of hydrogen-bond donors (Lipinski definition) is 3. The average Bonchev–Trinajstić information content (AvgIpc) is 3.09. The minimum absolute atomic E-state index is 0.0998. The molecule has 3 N–H and O–H groups in total. The monoisotopic (exact) mass is 452 g/mol. The number of alkyl carbamates (subject to hydrolysis) is 1. The number of carboxylic acid groups (broad SMARTS) is 1. The average molecular weight is 453 g/mol. The molecule has 0 saturated carbocycles. The predicted molar refractivity (Wildman–Crippen MR) is 121 cm³/mol. The van der Waals surface area contributed by atoms with Gasteiger partial charge in [-0.3, -0.25) is 4.79 Å². The Morgan fingerprint density at radius 1 is 1.09 bits per heavy atom. The number of β-amino-alcohol motifs (C(OH)–C–C–N with tert-alkyl or cyclic N) is 1. The first-order chi connectivity index (χ1) is 15.7. The number of likely N-dealkylation sites (tertiary alicyclic amines) is 1. The molecule has 2 amide bonds. The van der Waals surface area contributed by atoms with E-state index in [4.69, 9.17) is 9.84 Å². The molecule has 1 unspecified atom stereocenters. The molecule has 1 fully saturated rings. The molecule has 174 valence electrons. The molecule has 33 heavy (non-hydrogen) atoms. The van der Waals surface area contributed by atoms with Crippen LogP contribution in [0, 0.1) is 0 Å². The normalized spacial score (nSPS) is 17.8. The molecule has 4 rings (SSSR count). The number of nitrogens with one attached hydrogen (secondary N) is 1. The second-order valence-corrected chi connectivity index (χ2v) is 9.03. The van der Waals surface area contributed by atoms with E-state index in [2.05, 4.69) is 17.4 Å². The van der Waals surface area contributed by atoms with Crippen molar-refractivity contribution in [2.45, 2.75) is 43.7 Å². The minimum Gasteiger partial charge on any atom is -0.479 e. The summed E-state index contributed by atoms with van der Waals surface area (Å²) in [6.45, 7) is 2.98. The highest BCUT2D eigenvalue weighted by Crippen LogP contribution is 2.44. The quantitative estimate of drug-likeness (QED) is 0.595. The van der Waals surface area contributed by atoms with E-state index >= 15 is 0 Å². The summed E-state index contributed by atoms with van der Waals surface area (Å²) in [4.78, 5) is 38.1. The van der Waals surface area contributed by atoms with Crippen molar-refractivity contribution in [3.05, 3.63) is 59.7 Å². The van der Waals surface area contributed by atoms with Crippen LogP contribution >= 0.6 is 0 Å². The topological polar surface area (TPSA) is 116 Å². The maximum absolute atomic E-state index is 13.0. The van der Waals surface area contributed by atoms with Gasteiger partial charge in [-0.1, -0.05) is 61.9 Å². The number of carbonyl (C=O) groups is 3. The van der Waals surface area contributed by atoms with Crippen LogP contribution in [0.2, 0.25) is 0 Å². The van der Waals surface area contributed by atoms with Gasteiger partial charge in [-0.15, -0.1) is 0 Å². The number of ether oxygens (including phenoxy) is 1. The number of carbonyl (C=O) groups excluding carboxylic acids is 2. The highest BCUT2D eigenvalue weighted by Gasteiger charge is 2.53. The van der Waals surface area contributed by atoms with Crippen LogP contribution in [0.25, 0.3) is 11.1 Å². The van der Waals surface area contributed by atoms with Crippen molar-refractivity contribution in [3.8, 4) is 11.1 Å². The number of fused-ring (bicyclic) bond motifs is 3. The second-order valence-electron chi connectivity index (χ2n) is 9.03. The molecule has 2 aromatic rings. The number of hydrogen-bond acceptors (Lipinski definition) is 5. The second kappa shape index (κ2) is 8.51. The highest BCUT2D eigenvalue weighted by molar-refractivity contribution is 5.92. The van der Waals surface area contributed by atoms with Gasteiger partial charge in [0.25, 0.3) is 0 Å². The van der Waals surface area contributed by atoms with Gasteiger partial charge in [-0.2, -0.15) is 0 Å². The lowest BCUT2D eigenvalue weighted by Crippen LogP contribution is -2.71. The fourth-order valence-corrected chi connectivity index (χ4v) is 4.80. The van der Waals surface area contributed by atoms with Crippen molar-refractivity contribution in [2.75, 3.05) is 19.7 Å². The van der Waals surface area contributed by atoms with E-state index < -0.39 is 29.1 Å². The van der Waals surface area contributed by atoms with E-state index in [-0.39, 0.29) is 25.6 Å². The molecule has 8 heteroatoms. The van der Waals surface area contributed by atoms with Crippen LogP contribution in [0.15, 0.2) is 48.5 Å². The van der Waals surface area contributed by atoms with E-state index in [9.17, 15) is 19.5 Å². The van der Waals surface area contributed by atoms with Gasteiger partial charge >= 0.3 is 12.1 Å². The molecule has 1 aliphatic heterocycles. The lowest BCUT2D eigenvalue weighted by atomic mass is 9.88. The molecule has 2 aliphatic rings. The molecule has 1 atom stereocenters. The molecule has 0 aromatic heterocycles. The summed E-state index contributed by atoms with van der Waals surface area (Å²) < 4.78 is 5.58. The Morgan fingerprint density at radius 2 is 1.64 bits per heavy atom. The van der Waals surface area contributed by atoms with E-state index in [1.54, 1.807) is 6.92 Å². The summed E-state index contributed by atoms with van der Waals surface area (Å²) in [7, 11) is 0. The molecule has 1 saturated heterocycles. The van der Waals surface area contributed by atoms with Crippen molar-refractivity contribution < 1.29 is 29.3 Å². The standard InChI is InChI=1S/C25H28N2O6/c1-3-12-24(2,21(28)27-14-25(32,15-27)22(29)30)26-23(31)33-13-20-18-10-6-4-8-16(18)17-9-5-7-11-19(17)20/h4-11,20,32H,3,12-15H2,1-2H3,(H,26,31)(H,29,30). The van der Waals surface area contributed by atoms with Crippen molar-refractivity contribution in [2.24, 2.45) is 0 Å². The van der Waals surface area contributed by atoms with Crippen molar-refractivity contribution in [1.82, 2.24) is 10.2 Å². The van der Waals surface area contributed by atoms with Crippen LogP contribution < -0.4 is 5.32 Å². The number of rotatable bonds is 7. The summed E-state index contributed by atoms with van der Waals surface area (Å²) in [6, 6.07) is 16.0. The summed E-state index contributed by atoms with van der Waals surface area (Å²) >= 11 is 0. The third-order valence-corrected chi connectivity index (χ3v) is 6.53. The number of carboxylic acids is 1. The summed E-state index contributed by atoms with van der Waals surface area (Å²) in [5.41, 5.74) is 1.22. The highest BCUT2D eigenvalue weighted by atomic mass is 16.5. The van der Waals surface area contributed by atoms with Crippen LogP contribution in [0.3, 0.4) is 0 Å². The van der Waals surface area contributed by atoms with Crippen molar-refractivity contribution in [3.63, 3.8) is 0 Å². The maximum atomic E-state index is 13.0. The number of nitrogens with zero attached hydrogens (tertiary/aromatic N) is 1. The third kappa shape index (κ3) is 4.06. The zero-order chi connectivity index (χ0) is 23.8. The first kappa shape index (κ1) is 22.8.